The molecule has 26 heavy (non-hydrogen) atoms. The van der Waals surface area contributed by atoms with Gasteiger partial charge in [-0.15, -0.1) is 0 Å². The lowest BCUT2D eigenvalue weighted by atomic mass is 10.0. The summed E-state index contributed by atoms with van der Waals surface area (Å²) in [6.07, 6.45) is 12.0. The van der Waals surface area contributed by atoms with Crippen LogP contribution in [0, 0.1) is 5.92 Å². The van der Waals surface area contributed by atoms with Crippen molar-refractivity contribution in [3.05, 3.63) is 84.3 Å². The molecule has 0 amide bonds. The lowest BCUT2D eigenvalue weighted by Gasteiger charge is -2.09. The van der Waals surface area contributed by atoms with Gasteiger partial charge in [-0.05, 0) is 55.2 Å². The summed E-state index contributed by atoms with van der Waals surface area (Å²) >= 11 is 0. The predicted molar refractivity (Wildman–Crippen MR) is 104 cm³/mol. The molecule has 1 N–H and O–H groups in total. The first kappa shape index (κ1) is 19.4. The Morgan fingerprint density at radius 1 is 1.42 bits per heavy atom. The summed E-state index contributed by atoms with van der Waals surface area (Å²) in [5.41, 5.74) is 3.65. The number of allylic oxidation sites excluding steroid dienone is 6. The monoisotopic (exact) mass is 351 g/mol. The van der Waals surface area contributed by atoms with Crippen molar-refractivity contribution in [1.29, 1.82) is 0 Å². The van der Waals surface area contributed by atoms with Crippen LogP contribution in [-0.4, -0.2) is 22.7 Å². The molecule has 1 heterocycles. The Hall–Kier alpha value is -2.88. The van der Waals surface area contributed by atoms with E-state index in [1.54, 1.807) is 12.3 Å². The second-order valence-electron chi connectivity index (χ2n) is 6.19. The number of carboxylic acids is 1. The van der Waals surface area contributed by atoms with E-state index in [-0.39, 0.29) is 11.8 Å². The highest BCUT2D eigenvalue weighted by Crippen LogP contribution is 2.46. The van der Waals surface area contributed by atoms with Crippen LogP contribution in [0.1, 0.15) is 31.9 Å². The van der Waals surface area contributed by atoms with Gasteiger partial charge in [0, 0.05) is 11.6 Å². The molecular formula is C22H25NO3. The lowest BCUT2D eigenvalue weighted by molar-refractivity contribution is -0.138. The van der Waals surface area contributed by atoms with Crippen molar-refractivity contribution in [1.82, 2.24) is 4.98 Å². The summed E-state index contributed by atoms with van der Waals surface area (Å²) < 4.78 is 5.81. The molecule has 0 spiro atoms. The quantitative estimate of drug-likeness (QED) is 0.647. The molecule has 136 valence electrons. The molecule has 1 aromatic rings. The Kier molecular flexibility index (Phi) is 6.73. The number of carboxylic acid groups (broad SMARTS) is 1. The van der Waals surface area contributed by atoms with E-state index in [0.29, 0.717) is 18.8 Å². The molecular weight excluding hydrogens is 326 g/mol. The molecule has 1 aliphatic rings. The first-order valence-corrected chi connectivity index (χ1v) is 8.63. The van der Waals surface area contributed by atoms with E-state index in [4.69, 9.17) is 9.84 Å². The van der Waals surface area contributed by atoms with Crippen LogP contribution in [0.15, 0.2) is 78.6 Å². The lowest BCUT2D eigenvalue weighted by Crippen LogP contribution is -2.02. The van der Waals surface area contributed by atoms with Crippen LogP contribution < -0.4 is 4.74 Å². The standard InChI is InChI=1S/C22H25NO3/c1-5-8-16(11-15(4)17(6-2)7-3)14-26-18-9-10-21(23-13-18)19-12-20(19)22(24)25/h5-11,13,19-20H,2,4,12,14H2,1,3H3,(H,24,25)/b8-5-,16-11+,17-7+. The normalized spacial score (nSPS) is 20.1. The maximum absolute atomic E-state index is 10.9. The zero-order chi connectivity index (χ0) is 19.1. The van der Waals surface area contributed by atoms with Gasteiger partial charge in [0.15, 0.2) is 0 Å². The number of aliphatic carboxylic acids is 1. The molecule has 1 saturated carbocycles. The third-order valence-electron chi connectivity index (χ3n) is 4.29. The van der Waals surface area contributed by atoms with Gasteiger partial charge in [0.05, 0.1) is 12.1 Å². The number of pyridine rings is 1. The van der Waals surface area contributed by atoms with Crippen molar-refractivity contribution < 1.29 is 14.6 Å². The summed E-state index contributed by atoms with van der Waals surface area (Å²) in [4.78, 5) is 15.3. The van der Waals surface area contributed by atoms with E-state index in [9.17, 15) is 4.79 Å². The summed E-state index contributed by atoms with van der Waals surface area (Å²) in [6, 6.07) is 3.68. The van der Waals surface area contributed by atoms with Gasteiger partial charge in [0.1, 0.15) is 12.4 Å². The molecule has 0 aliphatic heterocycles. The largest absolute Gasteiger partial charge is 0.487 e. The Bertz CT molecular complexity index is 769. The van der Waals surface area contributed by atoms with Crippen molar-refractivity contribution >= 4 is 5.97 Å². The minimum atomic E-state index is -0.751. The zero-order valence-corrected chi connectivity index (χ0v) is 15.3. The van der Waals surface area contributed by atoms with Crippen molar-refractivity contribution in [2.24, 2.45) is 5.92 Å². The highest BCUT2D eigenvalue weighted by atomic mass is 16.5. The Morgan fingerprint density at radius 3 is 2.69 bits per heavy atom. The Balaban J connectivity index is 2.00. The van der Waals surface area contributed by atoms with Gasteiger partial charge in [-0.2, -0.15) is 0 Å². The average Bonchev–Trinajstić information content (AvgIpc) is 3.42. The predicted octanol–water partition coefficient (Wildman–Crippen LogP) is 4.84. The number of rotatable bonds is 9. The van der Waals surface area contributed by atoms with Gasteiger partial charge in [0.2, 0.25) is 0 Å². The number of nitrogens with zero attached hydrogens (tertiary/aromatic N) is 1. The van der Waals surface area contributed by atoms with E-state index in [1.165, 1.54) is 0 Å². The van der Waals surface area contributed by atoms with Crippen LogP contribution in [0.25, 0.3) is 0 Å². The van der Waals surface area contributed by atoms with Crippen LogP contribution in [0.4, 0.5) is 0 Å². The molecule has 0 bridgehead atoms. The molecule has 0 radical (unpaired) electrons. The van der Waals surface area contributed by atoms with Gasteiger partial charge in [-0.25, -0.2) is 0 Å². The smallest absolute Gasteiger partial charge is 0.307 e. The Morgan fingerprint density at radius 2 is 2.19 bits per heavy atom. The maximum atomic E-state index is 10.9. The molecule has 1 aromatic heterocycles. The summed E-state index contributed by atoms with van der Waals surface area (Å²) in [7, 11) is 0. The van der Waals surface area contributed by atoms with Gasteiger partial charge >= 0.3 is 5.97 Å². The number of hydrogen-bond acceptors (Lipinski definition) is 3. The van der Waals surface area contributed by atoms with Crippen LogP contribution in [-0.2, 0) is 4.79 Å². The fourth-order valence-corrected chi connectivity index (χ4v) is 2.75. The Labute approximate surface area is 154 Å². The first-order valence-electron chi connectivity index (χ1n) is 8.63. The molecule has 1 fully saturated rings. The fourth-order valence-electron chi connectivity index (χ4n) is 2.75. The summed E-state index contributed by atoms with van der Waals surface area (Å²) in [5, 5.41) is 9.00. The second-order valence-corrected chi connectivity index (χ2v) is 6.19. The minimum Gasteiger partial charge on any atom is -0.487 e. The molecule has 2 unspecified atom stereocenters. The first-order chi connectivity index (χ1) is 12.5. The van der Waals surface area contributed by atoms with E-state index in [0.717, 1.165) is 22.4 Å². The topological polar surface area (TPSA) is 59.4 Å². The fraction of sp³-hybridized carbons (Fsp3) is 0.273. The number of hydrogen-bond donors (Lipinski definition) is 1. The van der Waals surface area contributed by atoms with Gasteiger partial charge < -0.3 is 9.84 Å². The van der Waals surface area contributed by atoms with Crippen LogP contribution in [0.2, 0.25) is 0 Å². The molecule has 4 nitrogen and oxygen atoms in total. The van der Waals surface area contributed by atoms with Crippen LogP contribution >= 0.6 is 0 Å². The van der Waals surface area contributed by atoms with E-state index < -0.39 is 5.97 Å². The molecule has 2 rings (SSSR count). The molecule has 0 saturated heterocycles. The second kappa shape index (κ2) is 8.99. The number of aromatic nitrogens is 1. The van der Waals surface area contributed by atoms with E-state index in [2.05, 4.69) is 18.1 Å². The van der Waals surface area contributed by atoms with Crippen LogP contribution in [0.5, 0.6) is 5.75 Å². The van der Waals surface area contributed by atoms with Crippen molar-refractivity contribution in [3.63, 3.8) is 0 Å². The zero-order valence-electron chi connectivity index (χ0n) is 15.3. The highest BCUT2D eigenvalue weighted by molar-refractivity contribution is 5.75. The third-order valence-corrected chi connectivity index (χ3v) is 4.29. The molecule has 2 atom stereocenters. The molecule has 4 heteroatoms. The maximum Gasteiger partial charge on any atom is 0.307 e. The van der Waals surface area contributed by atoms with Gasteiger partial charge in [-0.3, -0.25) is 9.78 Å². The third kappa shape index (κ3) is 5.06. The van der Waals surface area contributed by atoms with Crippen molar-refractivity contribution in [3.8, 4) is 5.75 Å². The highest BCUT2D eigenvalue weighted by Gasteiger charge is 2.45. The van der Waals surface area contributed by atoms with E-state index in [1.807, 2.05) is 50.3 Å². The van der Waals surface area contributed by atoms with Gasteiger partial charge in [0.25, 0.3) is 0 Å². The minimum absolute atomic E-state index is 0.0292. The summed E-state index contributed by atoms with van der Waals surface area (Å²) in [5.74, 6) is -0.368. The van der Waals surface area contributed by atoms with Crippen molar-refractivity contribution in [2.45, 2.75) is 26.2 Å². The molecule has 1 aliphatic carbocycles. The SMILES string of the molecule is C=C/C(=C\C)C(=C)/C=C(\C=C/C)COc1ccc(C2CC2C(=O)O)nc1. The van der Waals surface area contributed by atoms with E-state index >= 15 is 0 Å². The van der Waals surface area contributed by atoms with Gasteiger partial charge in [-0.1, -0.05) is 37.5 Å². The van der Waals surface area contributed by atoms with Crippen LogP contribution in [0.3, 0.4) is 0 Å². The molecule has 0 aromatic carbocycles. The average molecular weight is 351 g/mol. The number of carbonyl (C=O) groups is 1. The number of ether oxygens (including phenoxy) is 1. The van der Waals surface area contributed by atoms with Crippen molar-refractivity contribution in [2.75, 3.05) is 6.61 Å². The summed E-state index contributed by atoms with van der Waals surface area (Å²) in [6.45, 7) is 12.1.